The summed E-state index contributed by atoms with van der Waals surface area (Å²) in [6.07, 6.45) is 3.54. The number of unbranched alkanes of at least 4 members (excludes halogenated alkanes) is 2. The Morgan fingerprint density at radius 2 is 1.52 bits per heavy atom. The second-order valence-corrected chi connectivity index (χ2v) is 21.4. The minimum Gasteiger partial charge on any atom is -0.443 e. The number of aliphatic hydroxyl groups is 1. The molecular weight excluding hydrogens is 907 g/mol. The quantitative estimate of drug-likeness (QED) is 0.0457. The zero-order valence-corrected chi connectivity index (χ0v) is 41.9. The topological polar surface area (TPSA) is 260 Å². The van der Waals surface area contributed by atoms with Crippen LogP contribution in [-0.2, 0) is 30.7 Å². The highest BCUT2D eigenvalue weighted by molar-refractivity contribution is 7.89. The molecule has 2 heterocycles. The van der Waals surface area contributed by atoms with E-state index in [4.69, 9.17) is 24.7 Å². The van der Waals surface area contributed by atoms with Crippen LogP contribution in [0.2, 0.25) is 0 Å². The number of alkyl carbamates (subject to hydrolysis) is 1. The number of carbonyl (C=O) groups is 1. The van der Waals surface area contributed by atoms with Crippen molar-refractivity contribution in [1.29, 1.82) is 10.5 Å². The maximum absolute atomic E-state index is 13.1. The van der Waals surface area contributed by atoms with E-state index in [9.17, 15) is 38.5 Å². The van der Waals surface area contributed by atoms with Gasteiger partial charge in [-0.1, -0.05) is 90.1 Å². The molecule has 2 aliphatic rings. The van der Waals surface area contributed by atoms with Gasteiger partial charge in [0.25, 0.3) is 11.4 Å². The second-order valence-electron chi connectivity index (χ2n) is 19.5. The van der Waals surface area contributed by atoms with E-state index >= 15 is 0 Å². The average Bonchev–Trinajstić information content (AvgIpc) is 3.92. The Hall–Kier alpha value is -5.54. The van der Waals surface area contributed by atoms with Crippen LogP contribution >= 0.6 is 0 Å². The first-order valence-electron chi connectivity index (χ1n) is 23.4. The third-order valence-electron chi connectivity index (χ3n) is 11.6. The van der Waals surface area contributed by atoms with Gasteiger partial charge in [-0.05, 0) is 79.4 Å². The number of non-ortho nitro benzene ring substituents is 2. The fourth-order valence-corrected chi connectivity index (χ4v) is 9.79. The molecule has 0 bridgehead atoms. The zero-order chi connectivity index (χ0) is 51.2. The number of carbonyl (C=O) groups excluding carboxylic acids is 1. The van der Waals surface area contributed by atoms with E-state index in [0.717, 1.165) is 42.9 Å². The summed E-state index contributed by atoms with van der Waals surface area (Å²) in [5.74, 6) is 0.177. The molecule has 378 valence electrons. The van der Waals surface area contributed by atoms with Gasteiger partial charge in [0.05, 0.1) is 58.2 Å². The lowest BCUT2D eigenvalue weighted by Crippen LogP contribution is -2.50. The first-order valence-corrected chi connectivity index (χ1v) is 24.8. The van der Waals surface area contributed by atoms with Crippen molar-refractivity contribution in [3.05, 3.63) is 110 Å². The van der Waals surface area contributed by atoms with Crippen molar-refractivity contribution in [2.24, 2.45) is 22.7 Å². The molecule has 0 spiro atoms. The van der Waals surface area contributed by atoms with Crippen molar-refractivity contribution >= 4 is 27.5 Å². The number of hydrogen-bond acceptors (Lipinski definition) is 14. The van der Waals surface area contributed by atoms with Crippen molar-refractivity contribution < 1.29 is 42.4 Å². The molecule has 5 rings (SSSR count). The van der Waals surface area contributed by atoms with Crippen LogP contribution in [-0.4, -0.2) is 97.7 Å². The third-order valence-corrected chi connectivity index (χ3v) is 13.4. The van der Waals surface area contributed by atoms with E-state index in [1.807, 2.05) is 71.0 Å². The van der Waals surface area contributed by atoms with E-state index in [-0.39, 0.29) is 51.3 Å². The number of ether oxygens (including phenoxy) is 3. The zero-order valence-electron chi connectivity index (χ0n) is 41.0. The minimum absolute atomic E-state index is 0.0141. The Kier molecular flexibility index (Phi) is 23.6. The molecule has 2 saturated heterocycles. The molecule has 19 heteroatoms. The van der Waals surface area contributed by atoms with Gasteiger partial charge in [-0.2, -0.15) is 14.8 Å². The molecule has 0 unspecified atom stereocenters. The molecule has 18 nitrogen and oxygen atoms in total. The van der Waals surface area contributed by atoms with Crippen LogP contribution in [0.3, 0.4) is 0 Å². The van der Waals surface area contributed by atoms with Crippen LogP contribution < -0.4 is 10.6 Å². The van der Waals surface area contributed by atoms with Crippen LogP contribution in [0.15, 0.2) is 83.8 Å². The number of rotatable bonds is 23. The smallest absolute Gasteiger partial charge is 0.407 e. The van der Waals surface area contributed by atoms with Crippen LogP contribution in [0.4, 0.5) is 16.2 Å². The Morgan fingerprint density at radius 3 is 2.10 bits per heavy atom. The SMILES string of the molecule is CC(C)(CCCC#N)CNC[C@@H](O)[C@H](Cc1ccccc1)NC(=O)O[C@H]1CO[C@H]2OCC[C@H]21.CC(C)CN(CC(C)(C)CCCC#N)S(=O)(=O)c1cccc([N+](=O)[O-])c1.Cc1cccc([N+](=O)[O-])c1. The van der Waals surface area contributed by atoms with Crippen LogP contribution in [0.25, 0.3) is 0 Å². The summed E-state index contributed by atoms with van der Waals surface area (Å²) >= 11 is 0. The second kappa shape index (κ2) is 28.2. The lowest BCUT2D eigenvalue weighted by Gasteiger charge is -2.33. The average molecular weight is 978 g/mol. The van der Waals surface area contributed by atoms with Crippen molar-refractivity contribution in [2.75, 3.05) is 39.4 Å². The van der Waals surface area contributed by atoms with Gasteiger partial charge in [0, 0.05) is 63.3 Å². The standard InChI is InChI=1S/C25H37N3O5.C18H27N3O4S.C7H7NO2/c1-25(2,11-6-7-12-26)17-27-15-21(29)20(14-18-8-4-3-5-9-18)28-24(30)33-22-16-32-23-19(22)10-13-31-23;1-15(2)13-20(14-18(3,4)10-5-6-11-19)26(24,25)17-9-7-8-16(12-17)21(22)23;1-6-3-2-4-7(5-6)8(9)10/h3-5,8-9,19-23,27,29H,6-7,10-11,13-17H2,1-2H3,(H,28,30);7-9,12,15H,5-6,10,13-14H2,1-4H3;2-5H,1H3/t19-,20-,21+,22-,23+;;/m0../s1. The molecule has 0 aromatic heterocycles. The summed E-state index contributed by atoms with van der Waals surface area (Å²) in [5.41, 5.74) is 1.55. The van der Waals surface area contributed by atoms with Crippen molar-refractivity contribution in [2.45, 2.75) is 129 Å². The third kappa shape index (κ3) is 20.5. The maximum atomic E-state index is 13.1. The highest BCUT2D eigenvalue weighted by Gasteiger charge is 2.44. The van der Waals surface area contributed by atoms with Gasteiger partial charge in [-0.25, -0.2) is 13.2 Å². The molecule has 69 heavy (non-hydrogen) atoms. The lowest BCUT2D eigenvalue weighted by molar-refractivity contribution is -0.385. The highest BCUT2D eigenvalue weighted by atomic mass is 32.2. The molecule has 3 N–H and O–H groups in total. The van der Waals surface area contributed by atoms with E-state index in [1.165, 1.54) is 28.6 Å². The van der Waals surface area contributed by atoms with Gasteiger partial charge in [0.15, 0.2) is 6.29 Å². The molecule has 5 atom stereocenters. The van der Waals surface area contributed by atoms with Gasteiger partial charge >= 0.3 is 6.09 Å². The number of nitro benzene ring substituents is 2. The predicted molar refractivity (Wildman–Crippen MR) is 261 cm³/mol. The Balaban J connectivity index is 0.000000310. The first-order chi connectivity index (χ1) is 32.6. The molecule has 1 amide bonds. The number of amides is 1. The summed E-state index contributed by atoms with van der Waals surface area (Å²) in [7, 11) is -3.85. The predicted octanol–water partition coefficient (Wildman–Crippen LogP) is 8.62. The Labute approximate surface area is 407 Å². The van der Waals surface area contributed by atoms with Gasteiger partial charge < -0.3 is 30.0 Å². The number of aryl methyl sites for hydroxylation is 1. The number of sulfonamides is 1. The summed E-state index contributed by atoms with van der Waals surface area (Å²) in [4.78, 5) is 32.8. The van der Waals surface area contributed by atoms with Gasteiger partial charge in [0.1, 0.15) is 6.10 Å². The van der Waals surface area contributed by atoms with Crippen LogP contribution in [0.5, 0.6) is 0 Å². The summed E-state index contributed by atoms with van der Waals surface area (Å²) in [5, 5.41) is 55.7. The monoisotopic (exact) mass is 977 g/mol. The first kappa shape index (κ1) is 57.8. The molecular formula is C50H71N7O11S. The van der Waals surface area contributed by atoms with E-state index in [1.54, 1.807) is 12.1 Å². The lowest BCUT2D eigenvalue weighted by atomic mass is 9.87. The largest absolute Gasteiger partial charge is 0.443 e. The summed E-state index contributed by atoms with van der Waals surface area (Å²) < 4.78 is 44.3. The van der Waals surface area contributed by atoms with Gasteiger partial charge in [-0.3, -0.25) is 20.2 Å². The number of fused-ring (bicyclic) bond motifs is 1. The van der Waals surface area contributed by atoms with Gasteiger partial charge in [-0.15, -0.1) is 0 Å². The fraction of sp³-hybridized carbons (Fsp3) is 0.580. The van der Waals surface area contributed by atoms with Crippen LogP contribution in [0, 0.1) is 72.5 Å². The number of nitrogens with one attached hydrogen (secondary N) is 2. The maximum Gasteiger partial charge on any atom is 0.407 e. The van der Waals surface area contributed by atoms with Crippen LogP contribution in [0.1, 0.15) is 97.6 Å². The molecule has 2 fully saturated rings. The van der Waals surface area contributed by atoms with Gasteiger partial charge in [0.2, 0.25) is 10.0 Å². The molecule has 2 aliphatic heterocycles. The summed E-state index contributed by atoms with van der Waals surface area (Å²) in [6, 6.07) is 25.2. The number of nitrogens with zero attached hydrogens (tertiary/aromatic N) is 5. The number of benzene rings is 3. The molecule has 3 aromatic carbocycles. The van der Waals surface area contributed by atoms with E-state index in [0.29, 0.717) is 65.1 Å². The normalized spacial score (nSPS) is 17.5. The van der Waals surface area contributed by atoms with E-state index in [2.05, 4.69) is 36.6 Å². The molecule has 0 aliphatic carbocycles. The number of nitriles is 2. The molecule has 0 saturated carbocycles. The van der Waals surface area contributed by atoms with Crippen molar-refractivity contribution in [3.63, 3.8) is 0 Å². The van der Waals surface area contributed by atoms with Crippen molar-refractivity contribution in [3.8, 4) is 12.1 Å². The Morgan fingerprint density at radius 1 is 0.913 bits per heavy atom. The Bertz CT molecular complexity index is 2280. The number of nitro groups is 2. The van der Waals surface area contributed by atoms with E-state index < -0.39 is 38.1 Å². The molecule has 3 aromatic rings. The summed E-state index contributed by atoms with van der Waals surface area (Å²) in [6.45, 7) is 16.5. The fourth-order valence-electron chi connectivity index (χ4n) is 7.96. The van der Waals surface area contributed by atoms with Crippen molar-refractivity contribution in [1.82, 2.24) is 14.9 Å². The minimum atomic E-state index is -3.85. The number of aliphatic hydroxyl groups excluding tert-OH is 1. The number of hydrogen-bond donors (Lipinski definition) is 3. The molecule has 0 radical (unpaired) electrons. The highest BCUT2D eigenvalue weighted by Crippen LogP contribution is 2.33.